The summed E-state index contributed by atoms with van der Waals surface area (Å²) in [5.74, 6) is -1.26. The third-order valence-electron chi connectivity index (χ3n) is 2.75. The molecule has 0 spiro atoms. The lowest BCUT2D eigenvalue weighted by Gasteiger charge is -1.97. The van der Waals surface area contributed by atoms with Crippen LogP contribution < -0.4 is 0 Å². The van der Waals surface area contributed by atoms with Crippen LogP contribution in [0.1, 0.15) is 10.4 Å². The van der Waals surface area contributed by atoms with Gasteiger partial charge in [0.1, 0.15) is 11.6 Å². The molecule has 0 unspecified atom stereocenters. The predicted molar refractivity (Wildman–Crippen MR) is 66.2 cm³/mol. The zero-order valence-corrected chi connectivity index (χ0v) is 9.59. The second-order valence-electron chi connectivity index (χ2n) is 3.93. The molecule has 5 nitrogen and oxygen atoms in total. The van der Waals surface area contributed by atoms with Gasteiger partial charge in [0.15, 0.2) is 5.65 Å². The normalized spacial score (nSPS) is 10.8. The molecule has 0 saturated carbocycles. The molecule has 3 aromatic rings. The summed E-state index contributed by atoms with van der Waals surface area (Å²) in [5.41, 5.74) is 0.864. The van der Waals surface area contributed by atoms with Crippen molar-refractivity contribution in [3.05, 3.63) is 47.9 Å². The Morgan fingerprint density at radius 2 is 2.05 bits per heavy atom. The van der Waals surface area contributed by atoms with E-state index in [4.69, 9.17) is 5.11 Å². The molecule has 2 aromatic heterocycles. The number of benzene rings is 1. The molecule has 0 aliphatic rings. The Bertz CT molecular complexity index is 782. The summed E-state index contributed by atoms with van der Waals surface area (Å²) in [6.45, 7) is 0. The van der Waals surface area contributed by atoms with Gasteiger partial charge < -0.3 is 10.1 Å². The van der Waals surface area contributed by atoms with E-state index in [0.29, 0.717) is 0 Å². The molecule has 0 atom stereocenters. The van der Waals surface area contributed by atoms with Crippen LogP contribution >= 0.6 is 0 Å². The minimum absolute atomic E-state index is 0.0556. The van der Waals surface area contributed by atoms with Gasteiger partial charge in [0.2, 0.25) is 0 Å². The number of aromatic amines is 1. The number of hydrogen-bond donors (Lipinski definition) is 2. The number of rotatable bonds is 2. The van der Waals surface area contributed by atoms with Crippen molar-refractivity contribution >= 4 is 17.1 Å². The Morgan fingerprint density at radius 1 is 1.26 bits per heavy atom. The summed E-state index contributed by atoms with van der Waals surface area (Å²) in [4.78, 5) is 22.0. The Kier molecular flexibility index (Phi) is 2.49. The summed E-state index contributed by atoms with van der Waals surface area (Å²) in [5, 5.41) is 9.07. The smallest absolute Gasteiger partial charge is 0.338 e. The second-order valence-corrected chi connectivity index (χ2v) is 3.93. The third-order valence-corrected chi connectivity index (χ3v) is 2.75. The number of nitrogens with one attached hydrogen (secondary N) is 1. The van der Waals surface area contributed by atoms with Crippen molar-refractivity contribution in [2.24, 2.45) is 0 Å². The highest BCUT2D eigenvalue weighted by molar-refractivity contribution is 6.00. The molecule has 0 aliphatic heterocycles. The van der Waals surface area contributed by atoms with E-state index in [1.165, 1.54) is 18.3 Å². The first-order valence-corrected chi connectivity index (χ1v) is 5.50. The molecule has 0 fully saturated rings. The van der Waals surface area contributed by atoms with E-state index in [0.717, 1.165) is 0 Å². The summed E-state index contributed by atoms with van der Waals surface area (Å²) >= 11 is 0. The molecule has 0 saturated heterocycles. The number of H-pyrrole nitrogens is 1. The number of hydrogen-bond acceptors (Lipinski definition) is 3. The molecule has 6 heteroatoms. The Morgan fingerprint density at radius 3 is 2.79 bits per heavy atom. The van der Waals surface area contributed by atoms with Gasteiger partial charge in [0, 0.05) is 6.20 Å². The van der Waals surface area contributed by atoms with Crippen molar-refractivity contribution in [2.75, 3.05) is 0 Å². The van der Waals surface area contributed by atoms with Gasteiger partial charge in [-0.05, 0) is 18.2 Å². The SMILES string of the molecule is O=C(O)c1ccnc2nc(-c3ccccc3F)[nH]c12. The average Bonchev–Trinajstić information content (AvgIpc) is 2.82. The Labute approximate surface area is 106 Å². The van der Waals surface area contributed by atoms with E-state index < -0.39 is 11.8 Å². The number of carbonyl (C=O) groups is 1. The number of halogens is 1. The number of aromatic nitrogens is 3. The number of aromatic carboxylic acids is 1. The summed E-state index contributed by atoms with van der Waals surface area (Å²) in [6, 6.07) is 7.50. The zero-order valence-electron chi connectivity index (χ0n) is 9.59. The van der Waals surface area contributed by atoms with Crippen LogP contribution in [0.4, 0.5) is 4.39 Å². The lowest BCUT2D eigenvalue weighted by Crippen LogP contribution is -1.97. The molecule has 1 aromatic carbocycles. The Balaban J connectivity index is 2.26. The first kappa shape index (κ1) is 11.3. The second kappa shape index (κ2) is 4.16. The maximum Gasteiger partial charge on any atom is 0.338 e. The van der Waals surface area contributed by atoms with Crippen molar-refractivity contribution in [2.45, 2.75) is 0 Å². The quantitative estimate of drug-likeness (QED) is 0.739. The zero-order chi connectivity index (χ0) is 13.4. The monoisotopic (exact) mass is 257 g/mol. The van der Waals surface area contributed by atoms with Gasteiger partial charge in [0.05, 0.1) is 16.6 Å². The van der Waals surface area contributed by atoms with Crippen molar-refractivity contribution in [1.82, 2.24) is 15.0 Å². The molecule has 19 heavy (non-hydrogen) atoms. The van der Waals surface area contributed by atoms with Crippen LogP contribution in [0.5, 0.6) is 0 Å². The highest BCUT2D eigenvalue weighted by Gasteiger charge is 2.15. The molecule has 2 N–H and O–H groups in total. The highest BCUT2D eigenvalue weighted by Crippen LogP contribution is 2.23. The van der Waals surface area contributed by atoms with Crippen molar-refractivity contribution in [3.8, 4) is 11.4 Å². The largest absolute Gasteiger partial charge is 0.478 e. The lowest BCUT2D eigenvalue weighted by molar-refractivity contribution is 0.0698. The van der Waals surface area contributed by atoms with E-state index in [1.807, 2.05) is 0 Å². The standard InChI is InChI=1S/C13H8FN3O2/c14-9-4-2-1-3-7(9)11-16-10-8(13(18)19)5-6-15-12(10)17-11/h1-6H,(H,18,19)(H,15,16,17). The molecule has 94 valence electrons. The fourth-order valence-corrected chi connectivity index (χ4v) is 1.87. The number of nitrogens with zero attached hydrogens (tertiary/aromatic N) is 2. The first-order valence-electron chi connectivity index (χ1n) is 5.50. The first-order chi connectivity index (χ1) is 9.16. The fourth-order valence-electron chi connectivity index (χ4n) is 1.87. The lowest BCUT2D eigenvalue weighted by atomic mass is 10.2. The van der Waals surface area contributed by atoms with Crippen LogP contribution in [0.25, 0.3) is 22.6 Å². The van der Waals surface area contributed by atoms with E-state index in [-0.39, 0.29) is 28.1 Å². The van der Waals surface area contributed by atoms with Gasteiger partial charge in [0.25, 0.3) is 0 Å². The molecular formula is C13H8FN3O2. The average molecular weight is 257 g/mol. The van der Waals surface area contributed by atoms with Crippen molar-refractivity contribution in [3.63, 3.8) is 0 Å². The summed E-state index contributed by atoms with van der Waals surface area (Å²) < 4.78 is 13.7. The fraction of sp³-hybridized carbons (Fsp3) is 0. The molecule has 2 heterocycles. The summed E-state index contributed by atoms with van der Waals surface area (Å²) in [7, 11) is 0. The molecule has 0 aliphatic carbocycles. The molecule has 3 rings (SSSR count). The minimum atomic E-state index is -1.09. The number of fused-ring (bicyclic) bond motifs is 1. The Hall–Kier alpha value is -2.76. The van der Waals surface area contributed by atoms with Crippen LogP contribution in [-0.4, -0.2) is 26.0 Å². The van der Waals surface area contributed by atoms with Crippen LogP contribution in [0.2, 0.25) is 0 Å². The maximum atomic E-state index is 13.7. The maximum absolute atomic E-state index is 13.7. The molecule has 0 bridgehead atoms. The van der Waals surface area contributed by atoms with E-state index in [2.05, 4.69) is 15.0 Å². The number of pyridine rings is 1. The van der Waals surface area contributed by atoms with Gasteiger partial charge in [-0.2, -0.15) is 0 Å². The van der Waals surface area contributed by atoms with Gasteiger partial charge >= 0.3 is 5.97 Å². The number of carboxylic acid groups (broad SMARTS) is 1. The van der Waals surface area contributed by atoms with Crippen molar-refractivity contribution < 1.29 is 14.3 Å². The molecule has 0 amide bonds. The number of imidazole rings is 1. The van der Waals surface area contributed by atoms with Crippen LogP contribution in [0.3, 0.4) is 0 Å². The van der Waals surface area contributed by atoms with Crippen LogP contribution in [-0.2, 0) is 0 Å². The van der Waals surface area contributed by atoms with E-state index in [1.54, 1.807) is 18.2 Å². The summed E-state index contributed by atoms with van der Waals surface area (Å²) in [6.07, 6.45) is 1.36. The molecular weight excluding hydrogens is 249 g/mol. The van der Waals surface area contributed by atoms with Crippen molar-refractivity contribution in [1.29, 1.82) is 0 Å². The molecule has 0 radical (unpaired) electrons. The van der Waals surface area contributed by atoms with Crippen LogP contribution in [0.15, 0.2) is 36.5 Å². The minimum Gasteiger partial charge on any atom is -0.478 e. The van der Waals surface area contributed by atoms with Gasteiger partial charge in [-0.3, -0.25) is 0 Å². The highest BCUT2D eigenvalue weighted by atomic mass is 19.1. The third kappa shape index (κ3) is 1.83. The van der Waals surface area contributed by atoms with Crippen LogP contribution in [0, 0.1) is 5.82 Å². The van der Waals surface area contributed by atoms with E-state index in [9.17, 15) is 9.18 Å². The topological polar surface area (TPSA) is 78.9 Å². The van der Waals surface area contributed by atoms with Gasteiger partial charge in [-0.1, -0.05) is 12.1 Å². The van der Waals surface area contributed by atoms with E-state index >= 15 is 0 Å². The van der Waals surface area contributed by atoms with Gasteiger partial charge in [-0.25, -0.2) is 19.2 Å². The predicted octanol–water partition coefficient (Wildman–Crippen LogP) is 2.46. The van der Waals surface area contributed by atoms with Gasteiger partial charge in [-0.15, -0.1) is 0 Å². The number of carboxylic acids is 1.